The van der Waals surface area contributed by atoms with Gasteiger partial charge in [-0.15, -0.1) is 0 Å². The highest BCUT2D eigenvalue weighted by molar-refractivity contribution is 14.1. The summed E-state index contributed by atoms with van der Waals surface area (Å²) in [7, 11) is 0. The number of hydrogen-bond donors (Lipinski definition) is 0. The maximum absolute atomic E-state index is 14.1. The minimum absolute atomic E-state index is 0.117. The Morgan fingerprint density at radius 1 is 1.03 bits per heavy atom. The molecule has 33 heavy (non-hydrogen) atoms. The first-order valence-corrected chi connectivity index (χ1v) is 13.0. The van der Waals surface area contributed by atoms with E-state index < -0.39 is 17.0 Å². The minimum Gasteiger partial charge on any atom is -0.487 e. The summed E-state index contributed by atoms with van der Waals surface area (Å²) in [4.78, 5) is 26.6. The molecule has 168 valence electrons. The number of carbonyl (C=O) groups is 2. The van der Waals surface area contributed by atoms with Gasteiger partial charge in [-0.05, 0) is 98.4 Å². The first kappa shape index (κ1) is 24.5. The number of imide groups is 1. The predicted molar refractivity (Wildman–Crippen MR) is 146 cm³/mol. The van der Waals surface area contributed by atoms with Crippen molar-refractivity contribution in [2.24, 2.45) is 0 Å². The smallest absolute Gasteiger partial charge is 0.293 e. The van der Waals surface area contributed by atoms with E-state index in [1.807, 2.05) is 42.5 Å². The molecular formula is C24H15ClFI2NO3S. The average molecular weight is 706 g/mol. The van der Waals surface area contributed by atoms with Crippen molar-refractivity contribution >= 4 is 85.8 Å². The second-order valence-corrected chi connectivity index (χ2v) is 10.8. The van der Waals surface area contributed by atoms with Crippen LogP contribution in [0.2, 0.25) is 5.02 Å². The van der Waals surface area contributed by atoms with Gasteiger partial charge in [0.05, 0.1) is 18.6 Å². The van der Waals surface area contributed by atoms with Crippen LogP contribution in [0.4, 0.5) is 9.18 Å². The maximum Gasteiger partial charge on any atom is 0.293 e. The molecule has 1 fully saturated rings. The van der Waals surface area contributed by atoms with E-state index in [2.05, 4.69) is 45.2 Å². The molecule has 0 radical (unpaired) electrons. The van der Waals surface area contributed by atoms with Gasteiger partial charge in [-0.1, -0.05) is 48.0 Å². The number of halogens is 4. The lowest BCUT2D eigenvalue weighted by molar-refractivity contribution is -0.123. The summed E-state index contributed by atoms with van der Waals surface area (Å²) in [5, 5.41) is -0.286. The summed E-state index contributed by atoms with van der Waals surface area (Å²) >= 11 is 11.3. The number of rotatable bonds is 6. The largest absolute Gasteiger partial charge is 0.487 e. The molecule has 1 saturated heterocycles. The second-order valence-electron chi connectivity index (χ2n) is 7.06. The molecule has 1 aliphatic heterocycles. The van der Waals surface area contributed by atoms with E-state index in [0.717, 1.165) is 40.7 Å². The highest BCUT2D eigenvalue weighted by atomic mass is 127. The van der Waals surface area contributed by atoms with E-state index in [9.17, 15) is 14.0 Å². The zero-order valence-electron chi connectivity index (χ0n) is 16.9. The lowest BCUT2D eigenvalue weighted by Crippen LogP contribution is -2.28. The Hall–Kier alpha value is -1.63. The number of hydrogen-bond acceptors (Lipinski definition) is 4. The van der Waals surface area contributed by atoms with E-state index in [0.29, 0.717) is 6.61 Å². The van der Waals surface area contributed by atoms with Crippen LogP contribution >= 0.6 is 68.5 Å². The van der Waals surface area contributed by atoms with E-state index in [1.165, 1.54) is 18.2 Å². The van der Waals surface area contributed by atoms with Crippen molar-refractivity contribution in [1.82, 2.24) is 4.90 Å². The van der Waals surface area contributed by atoms with Crippen molar-refractivity contribution in [1.29, 1.82) is 0 Å². The van der Waals surface area contributed by atoms with Gasteiger partial charge < -0.3 is 4.74 Å². The lowest BCUT2D eigenvalue weighted by atomic mass is 10.2. The van der Waals surface area contributed by atoms with Crippen molar-refractivity contribution in [2.45, 2.75) is 13.2 Å². The SMILES string of the molecule is O=C1S/C(=C/c2cc(I)c(OCc3ccccc3)c(I)c2)C(=O)N1Cc1c(F)cccc1Cl. The van der Waals surface area contributed by atoms with Crippen LogP contribution in [0.1, 0.15) is 16.7 Å². The van der Waals surface area contributed by atoms with Gasteiger partial charge in [0.1, 0.15) is 18.2 Å². The van der Waals surface area contributed by atoms with Gasteiger partial charge >= 0.3 is 0 Å². The van der Waals surface area contributed by atoms with Gasteiger partial charge in [0, 0.05) is 10.6 Å². The monoisotopic (exact) mass is 705 g/mol. The number of carbonyl (C=O) groups excluding carboxylic acids is 2. The third-order valence-corrected chi connectivity index (χ3v) is 7.66. The Balaban J connectivity index is 1.52. The number of amides is 2. The average Bonchev–Trinajstić information content (AvgIpc) is 3.03. The highest BCUT2D eigenvalue weighted by Gasteiger charge is 2.36. The molecule has 0 saturated carbocycles. The molecule has 3 aromatic carbocycles. The third-order valence-electron chi connectivity index (χ3n) is 4.80. The lowest BCUT2D eigenvalue weighted by Gasteiger charge is -2.14. The summed E-state index contributed by atoms with van der Waals surface area (Å²) in [6.45, 7) is 0.235. The van der Waals surface area contributed by atoms with Crippen molar-refractivity contribution in [3.8, 4) is 5.75 Å². The zero-order chi connectivity index (χ0) is 23.5. The molecule has 1 heterocycles. The molecule has 4 nitrogen and oxygen atoms in total. The molecule has 0 aromatic heterocycles. The van der Waals surface area contributed by atoms with Gasteiger partial charge in [0.25, 0.3) is 11.1 Å². The van der Waals surface area contributed by atoms with Gasteiger partial charge in [0.2, 0.25) is 0 Å². The summed E-state index contributed by atoms with van der Waals surface area (Å²) in [6.07, 6.45) is 1.67. The van der Waals surface area contributed by atoms with Crippen LogP contribution in [0.25, 0.3) is 6.08 Å². The zero-order valence-corrected chi connectivity index (χ0v) is 22.7. The van der Waals surface area contributed by atoms with Gasteiger partial charge in [0.15, 0.2) is 0 Å². The van der Waals surface area contributed by atoms with Crippen LogP contribution in [0.5, 0.6) is 5.75 Å². The summed E-state index contributed by atoms with van der Waals surface area (Å²) in [5.74, 6) is -0.265. The number of nitrogens with zero attached hydrogens (tertiary/aromatic N) is 1. The molecule has 0 bridgehead atoms. The highest BCUT2D eigenvalue weighted by Crippen LogP contribution is 2.36. The fourth-order valence-electron chi connectivity index (χ4n) is 3.16. The van der Waals surface area contributed by atoms with Gasteiger partial charge in [-0.25, -0.2) is 4.39 Å². The Bertz CT molecular complexity index is 1230. The molecule has 4 rings (SSSR count). The molecule has 0 aliphatic carbocycles. The second kappa shape index (κ2) is 10.7. The van der Waals surface area contributed by atoms with E-state index in [4.69, 9.17) is 16.3 Å². The first-order valence-electron chi connectivity index (χ1n) is 9.67. The van der Waals surface area contributed by atoms with Crippen LogP contribution in [0, 0.1) is 13.0 Å². The Labute approximate surface area is 226 Å². The van der Waals surface area contributed by atoms with Gasteiger partial charge in [-0.3, -0.25) is 14.5 Å². The molecular weight excluding hydrogens is 691 g/mol. The Morgan fingerprint density at radius 3 is 2.39 bits per heavy atom. The van der Waals surface area contributed by atoms with E-state index >= 15 is 0 Å². The molecule has 0 N–H and O–H groups in total. The topological polar surface area (TPSA) is 46.6 Å². The van der Waals surface area contributed by atoms with E-state index in [1.54, 1.807) is 6.08 Å². The van der Waals surface area contributed by atoms with Crippen LogP contribution in [-0.2, 0) is 17.9 Å². The van der Waals surface area contributed by atoms with Crippen LogP contribution in [-0.4, -0.2) is 16.0 Å². The fraction of sp³-hybridized carbons (Fsp3) is 0.0833. The fourth-order valence-corrected chi connectivity index (χ4v) is 6.35. The first-order chi connectivity index (χ1) is 15.8. The van der Waals surface area contributed by atoms with Crippen molar-refractivity contribution < 1.29 is 18.7 Å². The quantitative estimate of drug-likeness (QED) is 0.197. The van der Waals surface area contributed by atoms with Crippen LogP contribution in [0.15, 0.2) is 65.6 Å². The van der Waals surface area contributed by atoms with Crippen molar-refractivity contribution in [3.05, 3.63) is 100 Å². The van der Waals surface area contributed by atoms with Gasteiger partial charge in [-0.2, -0.15) is 0 Å². The summed E-state index contributed by atoms with van der Waals surface area (Å²) in [6, 6.07) is 17.9. The molecule has 9 heteroatoms. The van der Waals surface area contributed by atoms with Crippen LogP contribution < -0.4 is 4.74 Å². The van der Waals surface area contributed by atoms with Crippen LogP contribution in [0.3, 0.4) is 0 Å². The molecule has 0 unspecified atom stereocenters. The molecule has 3 aromatic rings. The Kier molecular flexibility index (Phi) is 7.98. The molecule has 0 spiro atoms. The summed E-state index contributed by atoms with van der Waals surface area (Å²) < 4.78 is 21.9. The van der Waals surface area contributed by atoms with Crippen molar-refractivity contribution in [2.75, 3.05) is 0 Å². The Morgan fingerprint density at radius 2 is 1.73 bits per heavy atom. The number of benzene rings is 3. The standard InChI is InChI=1S/C24H15ClFI2NO3S/c25-17-7-4-8-18(26)16(17)12-29-23(30)21(33-24(29)31)11-15-9-19(27)22(20(28)10-15)32-13-14-5-2-1-3-6-14/h1-11H,12-13H2/b21-11+. The molecule has 1 aliphatic rings. The third kappa shape index (κ3) is 5.72. The number of thioether (sulfide) groups is 1. The minimum atomic E-state index is -0.555. The van der Waals surface area contributed by atoms with Crippen molar-refractivity contribution in [3.63, 3.8) is 0 Å². The normalized spacial score (nSPS) is 14.9. The molecule has 2 amide bonds. The molecule has 0 atom stereocenters. The van der Waals surface area contributed by atoms with E-state index in [-0.39, 0.29) is 22.0 Å². The summed E-state index contributed by atoms with van der Waals surface area (Å²) in [5.41, 5.74) is 1.95. The maximum atomic E-state index is 14.1. The predicted octanol–water partition coefficient (Wildman–Crippen LogP) is 7.50. The number of ether oxygens (including phenoxy) is 1.